The van der Waals surface area contributed by atoms with E-state index in [2.05, 4.69) is 15.3 Å². The van der Waals surface area contributed by atoms with Crippen LogP contribution in [0.25, 0.3) is 0 Å². The van der Waals surface area contributed by atoms with E-state index in [0.717, 1.165) is 12.3 Å². The fraction of sp³-hybridized carbons (Fsp3) is 0.421. The van der Waals surface area contributed by atoms with Crippen molar-refractivity contribution in [3.05, 3.63) is 53.5 Å². The van der Waals surface area contributed by atoms with Gasteiger partial charge in [-0.2, -0.15) is 0 Å². The van der Waals surface area contributed by atoms with Gasteiger partial charge >= 0.3 is 0 Å². The molecule has 1 fully saturated rings. The van der Waals surface area contributed by atoms with Gasteiger partial charge in [0.2, 0.25) is 0 Å². The maximum Gasteiger partial charge on any atom is 0.258 e. The molecule has 3 rings (SSSR count). The molecular weight excluding hydrogens is 302 g/mol. The summed E-state index contributed by atoms with van der Waals surface area (Å²) >= 11 is 0. The largest absolute Gasteiger partial charge is 0.390 e. The molecule has 5 heteroatoms. The zero-order valence-electron chi connectivity index (χ0n) is 13.7. The number of rotatable bonds is 5. The van der Waals surface area contributed by atoms with Crippen LogP contribution in [0.15, 0.2) is 36.7 Å². The van der Waals surface area contributed by atoms with E-state index in [1.165, 1.54) is 43.9 Å². The Morgan fingerprint density at radius 1 is 1.08 bits per heavy atom. The van der Waals surface area contributed by atoms with Gasteiger partial charge in [0.05, 0.1) is 17.9 Å². The van der Waals surface area contributed by atoms with E-state index >= 15 is 0 Å². The Bertz CT molecular complexity index is 662. The van der Waals surface area contributed by atoms with Crippen molar-refractivity contribution in [1.29, 1.82) is 0 Å². The molecule has 2 aromatic heterocycles. The summed E-state index contributed by atoms with van der Waals surface area (Å²) in [6.45, 7) is -0.133. The van der Waals surface area contributed by atoms with Crippen molar-refractivity contribution in [2.75, 3.05) is 5.32 Å². The number of aromatic nitrogens is 2. The molecule has 0 atom stereocenters. The third-order valence-corrected chi connectivity index (χ3v) is 4.56. The van der Waals surface area contributed by atoms with Crippen LogP contribution in [0.2, 0.25) is 0 Å². The molecule has 0 unspecified atom stereocenters. The molecule has 2 aromatic rings. The molecule has 2 heterocycles. The van der Waals surface area contributed by atoms with Crippen LogP contribution in [0.4, 0.5) is 5.82 Å². The molecule has 0 saturated heterocycles. The van der Waals surface area contributed by atoms with E-state index in [9.17, 15) is 4.79 Å². The summed E-state index contributed by atoms with van der Waals surface area (Å²) < 4.78 is 0. The van der Waals surface area contributed by atoms with E-state index in [1.807, 2.05) is 18.3 Å². The minimum absolute atomic E-state index is 0.133. The van der Waals surface area contributed by atoms with Crippen molar-refractivity contribution >= 4 is 11.7 Å². The van der Waals surface area contributed by atoms with Crippen molar-refractivity contribution in [1.82, 2.24) is 9.97 Å². The van der Waals surface area contributed by atoms with Gasteiger partial charge in [0.25, 0.3) is 5.91 Å². The van der Waals surface area contributed by atoms with Crippen LogP contribution in [0.1, 0.15) is 53.7 Å². The molecule has 0 spiro atoms. The Morgan fingerprint density at radius 2 is 1.92 bits per heavy atom. The van der Waals surface area contributed by atoms with Crippen molar-refractivity contribution in [2.45, 2.75) is 45.1 Å². The van der Waals surface area contributed by atoms with E-state index < -0.39 is 0 Å². The standard InChI is InChI=1S/C19H23N3O2/c23-13-17-8-7-16(12-20-17)19(24)22-18-9-6-15(11-21-18)10-14-4-2-1-3-5-14/h6-9,11-12,14,23H,1-5,10,13H2,(H,21,22,24). The van der Waals surface area contributed by atoms with Gasteiger partial charge < -0.3 is 10.4 Å². The lowest BCUT2D eigenvalue weighted by molar-refractivity contribution is 0.102. The van der Waals surface area contributed by atoms with Gasteiger partial charge in [-0.05, 0) is 36.1 Å². The maximum absolute atomic E-state index is 12.2. The normalized spacial score (nSPS) is 15.2. The van der Waals surface area contributed by atoms with Crippen LogP contribution in [0, 0.1) is 5.92 Å². The SMILES string of the molecule is O=C(Nc1ccc(CC2CCCCC2)cn1)c1ccc(CO)nc1. The fourth-order valence-electron chi connectivity index (χ4n) is 3.18. The van der Waals surface area contributed by atoms with E-state index in [-0.39, 0.29) is 12.5 Å². The van der Waals surface area contributed by atoms with E-state index in [1.54, 1.807) is 12.1 Å². The molecule has 24 heavy (non-hydrogen) atoms. The highest BCUT2D eigenvalue weighted by Crippen LogP contribution is 2.26. The summed E-state index contributed by atoms with van der Waals surface area (Å²) in [6.07, 6.45) is 11.1. The second-order valence-corrected chi connectivity index (χ2v) is 6.41. The van der Waals surface area contributed by atoms with Crippen LogP contribution in [-0.4, -0.2) is 21.0 Å². The number of amides is 1. The molecule has 126 valence electrons. The van der Waals surface area contributed by atoms with Crippen LogP contribution in [-0.2, 0) is 13.0 Å². The zero-order chi connectivity index (χ0) is 16.8. The summed E-state index contributed by atoms with van der Waals surface area (Å²) in [5.41, 5.74) is 2.21. The Morgan fingerprint density at radius 3 is 2.54 bits per heavy atom. The third-order valence-electron chi connectivity index (χ3n) is 4.56. The first-order valence-corrected chi connectivity index (χ1v) is 8.56. The third kappa shape index (κ3) is 4.38. The molecule has 0 aliphatic heterocycles. The summed E-state index contributed by atoms with van der Waals surface area (Å²) in [7, 11) is 0. The number of aliphatic hydroxyl groups is 1. The molecule has 0 radical (unpaired) electrons. The summed E-state index contributed by atoms with van der Waals surface area (Å²) in [5, 5.41) is 11.7. The van der Waals surface area contributed by atoms with Gasteiger partial charge in [0.1, 0.15) is 5.82 Å². The average Bonchev–Trinajstić information content (AvgIpc) is 2.64. The van der Waals surface area contributed by atoms with Gasteiger partial charge in [-0.3, -0.25) is 9.78 Å². The number of hydrogen-bond acceptors (Lipinski definition) is 4. The molecule has 1 amide bonds. The quantitative estimate of drug-likeness (QED) is 0.884. The smallest absolute Gasteiger partial charge is 0.258 e. The van der Waals surface area contributed by atoms with Gasteiger partial charge in [-0.25, -0.2) is 4.98 Å². The van der Waals surface area contributed by atoms with Crippen LogP contribution >= 0.6 is 0 Å². The molecule has 1 aliphatic carbocycles. The lowest BCUT2D eigenvalue weighted by Crippen LogP contribution is -2.14. The van der Waals surface area contributed by atoms with Crippen molar-refractivity contribution in [3.8, 4) is 0 Å². The first-order valence-electron chi connectivity index (χ1n) is 8.56. The molecule has 2 N–H and O–H groups in total. The number of nitrogens with zero attached hydrogens (tertiary/aromatic N) is 2. The number of carbonyl (C=O) groups is 1. The Labute approximate surface area is 142 Å². The Hall–Kier alpha value is -2.27. The fourth-order valence-corrected chi connectivity index (χ4v) is 3.18. The lowest BCUT2D eigenvalue weighted by Gasteiger charge is -2.21. The minimum Gasteiger partial charge on any atom is -0.390 e. The number of carbonyl (C=O) groups excluding carboxylic acids is 1. The average molecular weight is 325 g/mol. The molecular formula is C19H23N3O2. The first-order chi connectivity index (χ1) is 11.7. The predicted molar refractivity (Wildman–Crippen MR) is 92.6 cm³/mol. The topological polar surface area (TPSA) is 75.1 Å². The Kier molecular flexibility index (Phi) is 5.54. The van der Waals surface area contributed by atoms with Gasteiger partial charge in [-0.15, -0.1) is 0 Å². The monoisotopic (exact) mass is 325 g/mol. The maximum atomic E-state index is 12.2. The first kappa shape index (κ1) is 16.6. The van der Waals surface area contributed by atoms with Gasteiger partial charge in [0.15, 0.2) is 0 Å². The second-order valence-electron chi connectivity index (χ2n) is 6.41. The molecule has 1 aliphatic rings. The highest BCUT2D eigenvalue weighted by atomic mass is 16.3. The number of anilines is 1. The van der Waals surface area contributed by atoms with Crippen LogP contribution in [0.5, 0.6) is 0 Å². The van der Waals surface area contributed by atoms with Gasteiger partial charge in [0, 0.05) is 12.4 Å². The van der Waals surface area contributed by atoms with Gasteiger partial charge in [-0.1, -0.05) is 38.2 Å². The van der Waals surface area contributed by atoms with E-state index in [4.69, 9.17) is 5.11 Å². The number of nitrogens with one attached hydrogen (secondary N) is 1. The van der Waals surface area contributed by atoms with Crippen LogP contribution in [0.3, 0.4) is 0 Å². The highest BCUT2D eigenvalue weighted by molar-refractivity contribution is 6.03. The van der Waals surface area contributed by atoms with Crippen molar-refractivity contribution in [2.24, 2.45) is 5.92 Å². The summed E-state index contributed by atoms with van der Waals surface area (Å²) in [5.74, 6) is 1.07. The van der Waals surface area contributed by atoms with E-state index in [0.29, 0.717) is 17.1 Å². The number of hydrogen-bond donors (Lipinski definition) is 2. The minimum atomic E-state index is -0.250. The van der Waals surface area contributed by atoms with Crippen molar-refractivity contribution < 1.29 is 9.90 Å². The van der Waals surface area contributed by atoms with Crippen LogP contribution < -0.4 is 5.32 Å². The zero-order valence-corrected chi connectivity index (χ0v) is 13.7. The van der Waals surface area contributed by atoms with Crippen molar-refractivity contribution in [3.63, 3.8) is 0 Å². The summed E-state index contributed by atoms with van der Waals surface area (Å²) in [6, 6.07) is 7.18. The summed E-state index contributed by atoms with van der Waals surface area (Å²) in [4.78, 5) is 20.5. The predicted octanol–water partition coefficient (Wildman–Crippen LogP) is 3.34. The molecule has 0 bridgehead atoms. The molecule has 0 aromatic carbocycles. The molecule has 1 saturated carbocycles. The second kappa shape index (κ2) is 8.02. The Balaban J connectivity index is 1.57. The number of aliphatic hydroxyl groups excluding tert-OH is 1. The number of pyridine rings is 2. The lowest BCUT2D eigenvalue weighted by atomic mass is 9.85. The highest BCUT2D eigenvalue weighted by Gasteiger charge is 2.14. The molecule has 5 nitrogen and oxygen atoms in total.